The van der Waals surface area contributed by atoms with Crippen LogP contribution >= 0.6 is 0 Å². The number of carbonyl (C=O) groups is 1. The number of amides is 1. The van der Waals surface area contributed by atoms with Gasteiger partial charge >= 0.3 is 0 Å². The van der Waals surface area contributed by atoms with Crippen molar-refractivity contribution in [2.75, 3.05) is 18.4 Å². The van der Waals surface area contributed by atoms with Crippen LogP contribution in [0.5, 0.6) is 0 Å². The summed E-state index contributed by atoms with van der Waals surface area (Å²) >= 11 is 0. The van der Waals surface area contributed by atoms with Crippen LogP contribution in [0.2, 0.25) is 0 Å². The fourth-order valence-electron chi connectivity index (χ4n) is 2.35. The summed E-state index contributed by atoms with van der Waals surface area (Å²) < 4.78 is 52.3. The van der Waals surface area contributed by atoms with Gasteiger partial charge in [0.2, 0.25) is 20.0 Å². The summed E-state index contributed by atoms with van der Waals surface area (Å²) in [4.78, 5) is 12.4. The lowest BCUT2D eigenvalue weighted by atomic mass is 10.2. The highest BCUT2D eigenvalue weighted by molar-refractivity contribution is 7.89. The van der Waals surface area contributed by atoms with E-state index in [2.05, 4.69) is 27.3 Å². The Balaban J connectivity index is 2.02. The topological polar surface area (TPSA) is 121 Å². The van der Waals surface area contributed by atoms with Crippen molar-refractivity contribution in [1.29, 1.82) is 0 Å². The molecule has 158 valence electrons. The Bertz CT molecular complexity index is 1150. The lowest BCUT2D eigenvalue weighted by Crippen LogP contribution is -2.25. The van der Waals surface area contributed by atoms with E-state index in [9.17, 15) is 21.6 Å². The summed E-state index contributed by atoms with van der Waals surface area (Å²) in [6, 6.07) is 11.7. The highest BCUT2D eigenvalue weighted by Crippen LogP contribution is 2.15. The number of terminal acetylenes is 1. The maximum absolute atomic E-state index is 12.4. The first-order valence-corrected chi connectivity index (χ1v) is 11.8. The van der Waals surface area contributed by atoms with Gasteiger partial charge in [-0.3, -0.25) is 4.79 Å². The predicted octanol–water partition coefficient (Wildman–Crippen LogP) is 1.46. The average molecular weight is 448 g/mol. The fraction of sp³-hybridized carbons (Fsp3) is 0.150. The van der Waals surface area contributed by atoms with Gasteiger partial charge in [0.15, 0.2) is 0 Å². The lowest BCUT2D eigenvalue weighted by molar-refractivity contribution is 0.102. The molecule has 0 bridgehead atoms. The molecule has 0 saturated carbocycles. The fourth-order valence-corrected chi connectivity index (χ4v) is 4.39. The van der Waals surface area contributed by atoms with E-state index in [4.69, 9.17) is 6.42 Å². The van der Waals surface area contributed by atoms with Crippen LogP contribution in [0, 0.1) is 12.3 Å². The Labute approximate surface area is 176 Å². The Kier molecular flexibility index (Phi) is 7.91. The van der Waals surface area contributed by atoms with E-state index >= 15 is 0 Å². The molecule has 0 unspecified atom stereocenters. The summed E-state index contributed by atoms with van der Waals surface area (Å²) in [5.41, 5.74) is 1.28. The van der Waals surface area contributed by atoms with E-state index < -0.39 is 26.0 Å². The number of hydrogen-bond acceptors (Lipinski definition) is 5. The Morgan fingerprint density at radius 3 is 2.20 bits per heavy atom. The van der Waals surface area contributed by atoms with E-state index in [0.717, 1.165) is 0 Å². The molecule has 0 saturated heterocycles. The molecule has 0 atom stereocenters. The number of rotatable bonds is 10. The van der Waals surface area contributed by atoms with Gasteiger partial charge in [-0.05, 0) is 42.0 Å². The van der Waals surface area contributed by atoms with Crippen LogP contribution in [0.1, 0.15) is 15.9 Å². The maximum atomic E-state index is 12.4. The normalized spacial score (nSPS) is 11.4. The summed E-state index contributed by atoms with van der Waals surface area (Å²) in [7, 11) is -7.21. The van der Waals surface area contributed by atoms with Gasteiger partial charge in [0.05, 0.1) is 17.2 Å². The van der Waals surface area contributed by atoms with Gasteiger partial charge in [-0.2, -0.15) is 4.72 Å². The third-order valence-corrected chi connectivity index (χ3v) is 6.54. The Morgan fingerprint density at radius 1 is 1.00 bits per heavy atom. The Hall–Kier alpha value is -2.97. The van der Waals surface area contributed by atoms with Crippen molar-refractivity contribution in [3.8, 4) is 12.3 Å². The smallest absolute Gasteiger partial charge is 0.255 e. The zero-order valence-electron chi connectivity index (χ0n) is 16.0. The minimum atomic E-state index is -3.73. The monoisotopic (exact) mass is 447 g/mol. The first-order chi connectivity index (χ1) is 14.2. The molecule has 2 aromatic carbocycles. The van der Waals surface area contributed by atoms with Gasteiger partial charge in [0.1, 0.15) is 0 Å². The molecule has 0 fully saturated rings. The molecule has 2 rings (SSSR count). The molecule has 30 heavy (non-hydrogen) atoms. The van der Waals surface area contributed by atoms with Crippen LogP contribution in [0.3, 0.4) is 0 Å². The number of sulfonamides is 2. The standard InChI is InChI=1S/C20H21N3O5S2/c1-3-13-21-29(25,26)15-16-5-9-18(10-6-16)23-20(24)17-7-11-19(12-8-17)30(27,28)22-14-4-2/h2-3,5-12,21-22H,1,13-15H2,(H,23,24). The summed E-state index contributed by atoms with van der Waals surface area (Å²) in [5.74, 6) is 1.54. The number of anilines is 1. The highest BCUT2D eigenvalue weighted by atomic mass is 32.2. The van der Waals surface area contributed by atoms with Crippen LogP contribution in [0.25, 0.3) is 0 Å². The van der Waals surface area contributed by atoms with E-state index in [1.54, 1.807) is 24.3 Å². The molecule has 0 aromatic heterocycles. The second-order valence-corrected chi connectivity index (χ2v) is 9.67. The molecule has 0 radical (unpaired) electrons. The maximum Gasteiger partial charge on any atom is 0.255 e. The van der Waals surface area contributed by atoms with Crippen molar-refractivity contribution in [1.82, 2.24) is 9.44 Å². The number of benzene rings is 2. The molecular formula is C20H21N3O5S2. The second kappa shape index (κ2) is 10.2. The van der Waals surface area contributed by atoms with Gasteiger partial charge < -0.3 is 5.32 Å². The molecule has 2 aromatic rings. The molecule has 0 aliphatic heterocycles. The lowest BCUT2D eigenvalue weighted by Gasteiger charge is -2.09. The number of hydrogen-bond donors (Lipinski definition) is 3. The third-order valence-electron chi connectivity index (χ3n) is 3.81. The Morgan fingerprint density at radius 2 is 1.63 bits per heavy atom. The number of nitrogens with one attached hydrogen (secondary N) is 3. The van der Waals surface area contributed by atoms with Gasteiger partial charge in [0, 0.05) is 17.8 Å². The van der Waals surface area contributed by atoms with Crippen molar-refractivity contribution in [2.24, 2.45) is 0 Å². The first kappa shape index (κ1) is 23.3. The molecule has 0 spiro atoms. The molecule has 0 aliphatic rings. The quantitative estimate of drug-likeness (QED) is 0.376. The molecule has 10 heteroatoms. The predicted molar refractivity (Wildman–Crippen MR) is 116 cm³/mol. The molecule has 3 N–H and O–H groups in total. The largest absolute Gasteiger partial charge is 0.322 e. The molecule has 8 nitrogen and oxygen atoms in total. The van der Waals surface area contributed by atoms with Crippen LogP contribution in [0.15, 0.2) is 66.1 Å². The minimum Gasteiger partial charge on any atom is -0.322 e. The minimum absolute atomic E-state index is 0.00933. The van der Waals surface area contributed by atoms with E-state index in [1.807, 2.05) is 0 Å². The molecule has 0 heterocycles. The third kappa shape index (κ3) is 6.82. The molecule has 1 amide bonds. The zero-order chi connectivity index (χ0) is 22.2. The summed E-state index contributed by atoms with van der Waals surface area (Å²) in [6.07, 6.45) is 6.49. The number of carbonyl (C=O) groups excluding carboxylic acids is 1. The van der Waals surface area contributed by atoms with Gasteiger partial charge in [-0.15, -0.1) is 13.0 Å². The summed E-state index contributed by atoms with van der Waals surface area (Å²) in [5, 5.41) is 2.67. The second-order valence-electron chi connectivity index (χ2n) is 6.10. The highest BCUT2D eigenvalue weighted by Gasteiger charge is 2.14. The summed E-state index contributed by atoms with van der Waals surface area (Å²) in [6.45, 7) is 3.47. The van der Waals surface area contributed by atoms with Crippen LogP contribution in [-0.4, -0.2) is 35.8 Å². The van der Waals surface area contributed by atoms with E-state index in [-0.39, 0.29) is 29.3 Å². The van der Waals surface area contributed by atoms with Gasteiger partial charge in [-0.1, -0.05) is 24.1 Å². The SMILES string of the molecule is C#CCNS(=O)(=O)c1ccc(C(=O)Nc2ccc(CS(=O)(=O)NCC=C)cc2)cc1. The zero-order valence-corrected chi connectivity index (χ0v) is 17.6. The van der Waals surface area contributed by atoms with Crippen molar-refractivity contribution >= 4 is 31.6 Å². The van der Waals surface area contributed by atoms with Crippen molar-refractivity contribution < 1.29 is 21.6 Å². The van der Waals surface area contributed by atoms with Crippen molar-refractivity contribution in [3.63, 3.8) is 0 Å². The van der Waals surface area contributed by atoms with Crippen LogP contribution in [-0.2, 0) is 25.8 Å². The molecule has 0 aliphatic carbocycles. The molecular weight excluding hydrogens is 426 g/mol. The van der Waals surface area contributed by atoms with E-state index in [1.165, 1.54) is 30.3 Å². The van der Waals surface area contributed by atoms with Gasteiger partial charge in [-0.25, -0.2) is 21.6 Å². The van der Waals surface area contributed by atoms with Crippen LogP contribution in [0.4, 0.5) is 5.69 Å². The average Bonchev–Trinajstić information content (AvgIpc) is 2.72. The van der Waals surface area contributed by atoms with Crippen molar-refractivity contribution in [3.05, 3.63) is 72.3 Å². The first-order valence-electron chi connectivity index (χ1n) is 8.68. The van der Waals surface area contributed by atoms with Gasteiger partial charge in [0.25, 0.3) is 5.91 Å². The van der Waals surface area contributed by atoms with E-state index in [0.29, 0.717) is 11.3 Å². The van der Waals surface area contributed by atoms with Crippen molar-refractivity contribution in [2.45, 2.75) is 10.6 Å². The van der Waals surface area contributed by atoms with Crippen LogP contribution < -0.4 is 14.8 Å².